The van der Waals surface area contributed by atoms with Crippen molar-refractivity contribution in [3.8, 4) is 0 Å². The van der Waals surface area contributed by atoms with Crippen LogP contribution in [0.15, 0.2) is 85.1 Å². The van der Waals surface area contributed by atoms with Gasteiger partial charge in [0.05, 0.1) is 0 Å². The molecule has 1 unspecified atom stereocenters. The molecule has 0 aromatic carbocycles. The van der Waals surface area contributed by atoms with Crippen LogP contribution in [0, 0.1) is 0 Å². The van der Waals surface area contributed by atoms with Crippen molar-refractivity contribution in [3.63, 3.8) is 0 Å². The molecule has 6 nitrogen and oxygen atoms in total. The topological polar surface area (TPSA) is 78.9 Å². The van der Waals surface area contributed by atoms with Gasteiger partial charge in [-0.05, 0) is 83.5 Å². The lowest BCUT2D eigenvalue weighted by molar-refractivity contribution is -0.166. The zero-order valence-electron chi connectivity index (χ0n) is 48.8. The molecule has 426 valence electrons. The largest absolute Gasteiger partial charge is 0.462 e. The molecule has 0 aliphatic carbocycles. The number of allylic oxidation sites excluding steroid dienone is 14. The molecule has 0 saturated carbocycles. The normalized spacial score (nSPS) is 12.6. The van der Waals surface area contributed by atoms with Crippen LogP contribution in [0.3, 0.4) is 0 Å². The van der Waals surface area contributed by atoms with Crippen LogP contribution >= 0.6 is 0 Å². The molecule has 0 radical (unpaired) electrons. The van der Waals surface area contributed by atoms with Crippen LogP contribution in [-0.4, -0.2) is 37.2 Å². The number of unbranched alkanes of at least 4 members (excludes halogenated alkanes) is 32. The zero-order valence-corrected chi connectivity index (χ0v) is 48.8. The van der Waals surface area contributed by atoms with Crippen LogP contribution in [0.2, 0.25) is 0 Å². The third kappa shape index (κ3) is 59.5. The maximum Gasteiger partial charge on any atom is 0.306 e. The van der Waals surface area contributed by atoms with Crippen molar-refractivity contribution < 1.29 is 28.6 Å². The van der Waals surface area contributed by atoms with E-state index in [1.54, 1.807) is 0 Å². The van der Waals surface area contributed by atoms with E-state index in [1.165, 1.54) is 186 Å². The number of carbonyl (C=O) groups is 3. The molecule has 0 rings (SSSR count). The van der Waals surface area contributed by atoms with Crippen molar-refractivity contribution in [2.24, 2.45) is 0 Å². The van der Waals surface area contributed by atoms with Crippen molar-refractivity contribution in [2.75, 3.05) is 13.2 Å². The maximum absolute atomic E-state index is 12.9. The van der Waals surface area contributed by atoms with Gasteiger partial charge >= 0.3 is 17.9 Å². The van der Waals surface area contributed by atoms with Crippen LogP contribution < -0.4 is 0 Å². The van der Waals surface area contributed by atoms with Crippen molar-refractivity contribution in [2.45, 2.75) is 316 Å². The van der Waals surface area contributed by atoms with Crippen LogP contribution in [0.1, 0.15) is 310 Å². The van der Waals surface area contributed by atoms with E-state index in [-0.39, 0.29) is 37.5 Å². The third-order valence-electron chi connectivity index (χ3n) is 13.6. The zero-order chi connectivity index (χ0) is 53.6. The number of rotatable bonds is 57. The molecule has 0 spiro atoms. The number of ether oxygens (including phenoxy) is 3. The molecule has 0 N–H and O–H groups in total. The lowest BCUT2D eigenvalue weighted by Crippen LogP contribution is -2.30. The second-order valence-electron chi connectivity index (χ2n) is 20.9. The van der Waals surface area contributed by atoms with Gasteiger partial charge in [0.15, 0.2) is 6.10 Å². The van der Waals surface area contributed by atoms with Gasteiger partial charge in [-0.1, -0.05) is 292 Å². The molecule has 1 atom stereocenters. The van der Waals surface area contributed by atoms with Gasteiger partial charge in [0.25, 0.3) is 0 Å². The molecule has 0 aromatic heterocycles. The Morgan fingerprint density at radius 3 is 0.905 bits per heavy atom. The lowest BCUT2D eigenvalue weighted by atomic mass is 10.0. The minimum Gasteiger partial charge on any atom is -0.462 e. The molecule has 0 heterocycles. The molecule has 0 bridgehead atoms. The molecule has 0 saturated heterocycles. The lowest BCUT2D eigenvalue weighted by Gasteiger charge is -2.18. The summed E-state index contributed by atoms with van der Waals surface area (Å²) >= 11 is 0. The highest BCUT2D eigenvalue weighted by molar-refractivity contribution is 5.71. The summed E-state index contributed by atoms with van der Waals surface area (Å²) in [7, 11) is 0. The summed E-state index contributed by atoms with van der Waals surface area (Å²) < 4.78 is 16.9. The van der Waals surface area contributed by atoms with E-state index in [4.69, 9.17) is 14.2 Å². The van der Waals surface area contributed by atoms with E-state index >= 15 is 0 Å². The van der Waals surface area contributed by atoms with E-state index in [9.17, 15) is 14.4 Å². The fourth-order valence-electron chi connectivity index (χ4n) is 8.94. The van der Waals surface area contributed by atoms with Crippen LogP contribution in [0.5, 0.6) is 0 Å². The van der Waals surface area contributed by atoms with Crippen molar-refractivity contribution in [1.82, 2.24) is 0 Å². The SMILES string of the molecule is CC/C=C\C/C=C\C/C=C\C/C=C\C/C=C\C/C=C\CCC(=O)OCC(COC(=O)CCCCCCCCC/C=C\CCCCCCCCC)OC(=O)CCCCCCCCCCCCCCCCCCCCC. The van der Waals surface area contributed by atoms with Gasteiger partial charge in [0.1, 0.15) is 13.2 Å². The van der Waals surface area contributed by atoms with Crippen molar-refractivity contribution >= 4 is 17.9 Å². The Balaban J connectivity index is 4.46. The second kappa shape index (κ2) is 62.1. The number of hydrogen-bond donors (Lipinski definition) is 0. The Bertz CT molecular complexity index is 1420. The Hall–Kier alpha value is -3.41. The Morgan fingerprint density at radius 1 is 0.284 bits per heavy atom. The third-order valence-corrected chi connectivity index (χ3v) is 13.6. The van der Waals surface area contributed by atoms with E-state index in [0.29, 0.717) is 19.3 Å². The first kappa shape index (κ1) is 70.6. The minimum atomic E-state index is -0.809. The maximum atomic E-state index is 12.9. The van der Waals surface area contributed by atoms with Gasteiger partial charge in [-0.2, -0.15) is 0 Å². The van der Waals surface area contributed by atoms with E-state index < -0.39 is 6.10 Å². The molecular formula is C68H118O6. The molecular weight excluding hydrogens is 913 g/mol. The molecule has 74 heavy (non-hydrogen) atoms. The van der Waals surface area contributed by atoms with E-state index in [1.807, 2.05) is 6.08 Å². The van der Waals surface area contributed by atoms with Gasteiger partial charge in [0.2, 0.25) is 0 Å². The van der Waals surface area contributed by atoms with Gasteiger partial charge < -0.3 is 14.2 Å². The van der Waals surface area contributed by atoms with Gasteiger partial charge in [-0.15, -0.1) is 0 Å². The summed E-state index contributed by atoms with van der Waals surface area (Å²) in [6, 6.07) is 0. The summed E-state index contributed by atoms with van der Waals surface area (Å²) in [5.41, 5.74) is 0. The number of hydrogen-bond acceptors (Lipinski definition) is 6. The Morgan fingerprint density at radius 2 is 0.554 bits per heavy atom. The highest BCUT2D eigenvalue weighted by Gasteiger charge is 2.19. The van der Waals surface area contributed by atoms with E-state index in [0.717, 1.165) is 77.0 Å². The van der Waals surface area contributed by atoms with Crippen molar-refractivity contribution in [1.29, 1.82) is 0 Å². The average Bonchev–Trinajstić information content (AvgIpc) is 3.40. The standard InChI is InChI=1S/C68H118O6/c1-4-7-10-13-16-19-22-25-28-31-34-37-40-43-46-49-52-55-58-61-67(70)73-64-65(63-72-66(69)60-57-54-51-48-45-42-39-36-33-30-27-24-21-18-15-12-9-6-3)74-68(71)62-59-56-53-50-47-44-41-38-35-32-29-26-23-20-17-14-11-8-5-2/h7,10,16,19,25,28,30,33-34,37,43,46,52,55,65H,4-6,8-9,11-15,17-18,20-24,26-27,29,31-32,35-36,38-42,44-45,47-51,53-54,56-64H2,1-3H3/b10-7-,19-16-,28-25-,33-30-,37-34-,46-43-,55-52-. The Labute approximate surface area is 458 Å². The fraction of sp³-hybridized carbons (Fsp3) is 0.750. The Kier molecular flexibility index (Phi) is 59.3. The second-order valence-corrected chi connectivity index (χ2v) is 20.9. The summed E-state index contributed by atoms with van der Waals surface area (Å²) in [6.45, 7) is 6.50. The molecule has 0 aliphatic heterocycles. The van der Waals surface area contributed by atoms with Crippen LogP contribution in [0.25, 0.3) is 0 Å². The average molecular weight is 1030 g/mol. The highest BCUT2D eigenvalue weighted by Crippen LogP contribution is 2.17. The minimum absolute atomic E-state index is 0.0995. The van der Waals surface area contributed by atoms with Crippen LogP contribution in [-0.2, 0) is 28.6 Å². The molecule has 0 fully saturated rings. The molecule has 0 aromatic rings. The molecule has 6 heteroatoms. The monoisotopic (exact) mass is 1030 g/mol. The predicted octanol–water partition coefficient (Wildman–Crippen LogP) is 21.5. The summed E-state index contributed by atoms with van der Waals surface area (Å²) in [4.78, 5) is 38.3. The van der Waals surface area contributed by atoms with Gasteiger partial charge in [-0.3, -0.25) is 14.4 Å². The van der Waals surface area contributed by atoms with Crippen molar-refractivity contribution in [3.05, 3.63) is 85.1 Å². The first-order valence-corrected chi connectivity index (χ1v) is 31.6. The molecule has 0 aliphatic rings. The summed E-state index contributed by atoms with van der Waals surface area (Å²) in [5, 5.41) is 0. The quantitative estimate of drug-likeness (QED) is 0.0261. The molecule has 0 amide bonds. The summed E-state index contributed by atoms with van der Waals surface area (Å²) in [6.07, 6.45) is 81.7. The van der Waals surface area contributed by atoms with E-state index in [2.05, 4.69) is 99.8 Å². The van der Waals surface area contributed by atoms with Gasteiger partial charge in [-0.25, -0.2) is 0 Å². The first-order chi connectivity index (χ1) is 36.5. The summed E-state index contributed by atoms with van der Waals surface area (Å²) in [5.74, 6) is -0.977. The van der Waals surface area contributed by atoms with Gasteiger partial charge in [0, 0.05) is 19.3 Å². The fourth-order valence-corrected chi connectivity index (χ4v) is 8.94. The smallest absolute Gasteiger partial charge is 0.306 e. The number of carbonyl (C=O) groups excluding carboxylic acids is 3. The predicted molar refractivity (Wildman–Crippen MR) is 321 cm³/mol. The first-order valence-electron chi connectivity index (χ1n) is 31.6. The highest BCUT2D eigenvalue weighted by atomic mass is 16.6. The van der Waals surface area contributed by atoms with Crippen LogP contribution in [0.4, 0.5) is 0 Å². The number of esters is 3.